The van der Waals surface area contributed by atoms with Crippen LogP contribution in [0.2, 0.25) is 5.02 Å². The van der Waals surface area contributed by atoms with E-state index in [-0.39, 0.29) is 18.3 Å². The molecule has 0 bridgehead atoms. The summed E-state index contributed by atoms with van der Waals surface area (Å²) in [6.45, 7) is 6.85. The van der Waals surface area contributed by atoms with Crippen LogP contribution in [0, 0.1) is 0 Å². The van der Waals surface area contributed by atoms with Gasteiger partial charge in [-0.3, -0.25) is 4.79 Å². The molecule has 124 valence electrons. The average molecular weight is 346 g/mol. The highest BCUT2D eigenvalue weighted by atomic mass is 35.5. The van der Waals surface area contributed by atoms with Gasteiger partial charge in [0, 0.05) is 26.2 Å². The second kappa shape index (κ2) is 8.04. The summed E-state index contributed by atoms with van der Waals surface area (Å²) in [7, 11) is 0. The van der Waals surface area contributed by atoms with Crippen LogP contribution >= 0.6 is 24.0 Å². The smallest absolute Gasteiger partial charge is 0.242 e. The Kier molecular flexibility index (Phi) is 6.98. The fourth-order valence-electron chi connectivity index (χ4n) is 2.85. The number of nitrogens with two attached hydrogens (primary N) is 1. The topological polar surface area (TPSA) is 49.6 Å². The maximum absolute atomic E-state index is 12.5. The minimum Gasteiger partial charge on any atom is -0.367 e. The van der Waals surface area contributed by atoms with Gasteiger partial charge < -0.3 is 15.5 Å². The Hall–Kier alpha value is -0.970. The van der Waals surface area contributed by atoms with Gasteiger partial charge in [0.15, 0.2) is 0 Å². The van der Waals surface area contributed by atoms with Gasteiger partial charge in [-0.15, -0.1) is 12.4 Å². The number of hydrogen-bond acceptors (Lipinski definition) is 3. The number of amides is 1. The third-order valence-electron chi connectivity index (χ3n) is 4.02. The summed E-state index contributed by atoms with van der Waals surface area (Å²) in [5, 5.41) is 0.756. The van der Waals surface area contributed by atoms with Crippen LogP contribution in [-0.4, -0.2) is 42.5 Å². The fraction of sp³-hybridized carbons (Fsp3) is 0.562. The minimum atomic E-state index is -0.749. The first-order valence-corrected chi connectivity index (χ1v) is 7.91. The highest BCUT2D eigenvalue weighted by molar-refractivity contribution is 6.33. The number of carbonyl (C=O) groups excluding carboxylic acids is 1. The van der Waals surface area contributed by atoms with Crippen molar-refractivity contribution in [1.29, 1.82) is 0 Å². The van der Waals surface area contributed by atoms with Gasteiger partial charge in [-0.1, -0.05) is 37.1 Å². The molecule has 1 unspecified atom stereocenters. The van der Waals surface area contributed by atoms with Gasteiger partial charge in [0.25, 0.3) is 0 Å². The molecule has 2 N–H and O–H groups in total. The van der Waals surface area contributed by atoms with E-state index in [0.29, 0.717) is 13.1 Å². The number of halogens is 2. The van der Waals surface area contributed by atoms with Gasteiger partial charge in [0.05, 0.1) is 16.2 Å². The Morgan fingerprint density at radius 1 is 1.27 bits per heavy atom. The second-order valence-corrected chi connectivity index (χ2v) is 6.31. The number of para-hydroxylation sites is 1. The molecule has 1 aliphatic heterocycles. The van der Waals surface area contributed by atoms with E-state index in [1.165, 1.54) is 0 Å². The number of benzene rings is 1. The van der Waals surface area contributed by atoms with Crippen molar-refractivity contribution in [2.24, 2.45) is 5.73 Å². The van der Waals surface area contributed by atoms with E-state index in [0.717, 1.165) is 36.6 Å². The van der Waals surface area contributed by atoms with Crippen LogP contribution in [0.3, 0.4) is 0 Å². The molecule has 4 nitrogen and oxygen atoms in total. The highest BCUT2D eigenvalue weighted by Gasteiger charge is 2.33. The molecule has 1 saturated heterocycles. The summed E-state index contributed by atoms with van der Waals surface area (Å²) >= 11 is 6.23. The van der Waals surface area contributed by atoms with Crippen LogP contribution in [-0.2, 0) is 4.79 Å². The van der Waals surface area contributed by atoms with Crippen LogP contribution < -0.4 is 10.6 Å². The third-order valence-corrected chi connectivity index (χ3v) is 4.34. The number of piperazine rings is 1. The summed E-state index contributed by atoms with van der Waals surface area (Å²) in [5.74, 6) is 0.0585. The molecule has 2 rings (SSSR count). The van der Waals surface area contributed by atoms with Gasteiger partial charge >= 0.3 is 0 Å². The van der Waals surface area contributed by atoms with Crippen LogP contribution in [0.15, 0.2) is 24.3 Å². The summed E-state index contributed by atoms with van der Waals surface area (Å²) in [6.07, 6.45) is 1.63. The lowest BCUT2D eigenvalue weighted by Crippen LogP contribution is -2.58. The van der Waals surface area contributed by atoms with Crippen molar-refractivity contribution in [3.63, 3.8) is 0 Å². The molecular weight excluding hydrogens is 321 g/mol. The molecule has 0 saturated carbocycles. The predicted molar refractivity (Wildman–Crippen MR) is 95.0 cm³/mol. The summed E-state index contributed by atoms with van der Waals surface area (Å²) < 4.78 is 0. The molecule has 1 heterocycles. The number of hydrogen-bond donors (Lipinski definition) is 1. The van der Waals surface area contributed by atoms with Crippen molar-refractivity contribution in [3.8, 4) is 0 Å². The van der Waals surface area contributed by atoms with E-state index >= 15 is 0 Å². The predicted octanol–water partition coefficient (Wildman–Crippen LogP) is 2.93. The average Bonchev–Trinajstić information content (AvgIpc) is 2.47. The van der Waals surface area contributed by atoms with Gasteiger partial charge in [-0.2, -0.15) is 0 Å². The molecule has 1 aliphatic rings. The van der Waals surface area contributed by atoms with E-state index in [4.69, 9.17) is 17.3 Å². The Morgan fingerprint density at radius 2 is 1.86 bits per heavy atom. The molecule has 22 heavy (non-hydrogen) atoms. The van der Waals surface area contributed by atoms with E-state index in [1.807, 2.05) is 43.0 Å². The minimum absolute atomic E-state index is 0. The SMILES string of the molecule is CCCC(C)(N)C(=O)N1CCN(c2ccccc2Cl)CC1.Cl. The lowest BCUT2D eigenvalue weighted by atomic mass is 9.95. The number of nitrogens with zero attached hydrogens (tertiary/aromatic N) is 2. The first-order chi connectivity index (χ1) is 9.95. The van der Waals surface area contributed by atoms with Crippen molar-refractivity contribution in [2.75, 3.05) is 31.1 Å². The zero-order valence-corrected chi connectivity index (χ0v) is 14.8. The Bertz CT molecular complexity index is 500. The van der Waals surface area contributed by atoms with Crippen molar-refractivity contribution in [3.05, 3.63) is 29.3 Å². The van der Waals surface area contributed by atoms with Gasteiger partial charge in [-0.25, -0.2) is 0 Å². The fourth-order valence-corrected chi connectivity index (χ4v) is 3.10. The number of anilines is 1. The second-order valence-electron chi connectivity index (χ2n) is 5.90. The van der Waals surface area contributed by atoms with Crippen LogP contribution in [0.5, 0.6) is 0 Å². The Morgan fingerprint density at radius 3 is 2.41 bits per heavy atom. The molecule has 6 heteroatoms. The largest absolute Gasteiger partial charge is 0.367 e. The van der Waals surface area contributed by atoms with Crippen LogP contribution in [0.25, 0.3) is 0 Å². The van der Waals surface area contributed by atoms with Crippen molar-refractivity contribution >= 4 is 35.6 Å². The normalized spacial score (nSPS) is 17.6. The van der Waals surface area contributed by atoms with E-state index < -0.39 is 5.54 Å². The molecule has 1 aromatic rings. The molecule has 0 aromatic heterocycles. The number of carbonyl (C=O) groups is 1. The zero-order valence-electron chi connectivity index (χ0n) is 13.2. The lowest BCUT2D eigenvalue weighted by molar-refractivity contribution is -0.137. The third kappa shape index (κ3) is 4.28. The van der Waals surface area contributed by atoms with Crippen molar-refractivity contribution in [2.45, 2.75) is 32.2 Å². The molecule has 1 atom stereocenters. The molecular formula is C16H25Cl2N3O. The molecule has 1 amide bonds. The molecule has 0 spiro atoms. The number of rotatable bonds is 4. The van der Waals surface area contributed by atoms with E-state index in [9.17, 15) is 4.79 Å². The van der Waals surface area contributed by atoms with Crippen LogP contribution in [0.4, 0.5) is 5.69 Å². The maximum Gasteiger partial charge on any atom is 0.242 e. The lowest BCUT2D eigenvalue weighted by Gasteiger charge is -2.39. The quantitative estimate of drug-likeness (QED) is 0.912. The molecule has 0 radical (unpaired) electrons. The first-order valence-electron chi connectivity index (χ1n) is 7.53. The summed E-state index contributed by atoms with van der Waals surface area (Å²) in [5.41, 5.74) is 6.43. The zero-order chi connectivity index (χ0) is 15.5. The van der Waals surface area contributed by atoms with Crippen molar-refractivity contribution in [1.82, 2.24) is 4.90 Å². The summed E-state index contributed by atoms with van der Waals surface area (Å²) in [6, 6.07) is 7.82. The maximum atomic E-state index is 12.5. The monoisotopic (exact) mass is 345 g/mol. The molecule has 0 aliphatic carbocycles. The van der Waals surface area contributed by atoms with E-state index in [2.05, 4.69) is 4.90 Å². The Labute approximate surface area is 144 Å². The van der Waals surface area contributed by atoms with Gasteiger partial charge in [0.1, 0.15) is 0 Å². The molecule has 1 aromatic carbocycles. The highest BCUT2D eigenvalue weighted by Crippen LogP contribution is 2.26. The molecule has 1 fully saturated rings. The van der Waals surface area contributed by atoms with Gasteiger partial charge in [-0.05, 0) is 25.5 Å². The van der Waals surface area contributed by atoms with Crippen molar-refractivity contribution < 1.29 is 4.79 Å². The standard InChI is InChI=1S/C16H24ClN3O.ClH/c1-3-8-16(2,18)15(21)20-11-9-19(10-12-20)14-7-5-4-6-13(14)17;/h4-7H,3,8-12,18H2,1-2H3;1H. The first kappa shape index (κ1) is 19.1. The Balaban J connectivity index is 0.00000242. The summed E-state index contributed by atoms with van der Waals surface area (Å²) in [4.78, 5) is 16.6. The van der Waals surface area contributed by atoms with Crippen LogP contribution in [0.1, 0.15) is 26.7 Å². The van der Waals surface area contributed by atoms with Gasteiger partial charge in [0.2, 0.25) is 5.91 Å². The van der Waals surface area contributed by atoms with E-state index in [1.54, 1.807) is 0 Å².